The molecule has 0 aromatic heterocycles. The van der Waals surface area contributed by atoms with Gasteiger partial charge in [-0.1, -0.05) is 24.3 Å². The van der Waals surface area contributed by atoms with Crippen LogP contribution >= 0.6 is 0 Å². The van der Waals surface area contributed by atoms with Crippen LogP contribution in [0.2, 0.25) is 0 Å². The number of rotatable bonds is 6. The highest BCUT2D eigenvalue weighted by Crippen LogP contribution is 2.31. The van der Waals surface area contributed by atoms with Crippen molar-refractivity contribution in [3.8, 4) is 0 Å². The first-order chi connectivity index (χ1) is 12.0. The molecule has 0 spiro atoms. The lowest BCUT2D eigenvalue weighted by atomic mass is 10.1. The van der Waals surface area contributed by atoms with Crippen LogP contribution in [-0.4, -0.2) is 39.4 Å². The van der Waals surface area contributed by atoms with Crippen molar-refractivity contribution in [3.05, 3.63) is 64.2 Å². The number of nitro groups is 1. The van der Waals surface area contributed by atoms with Gasteiger partial charge in [0.05, 0.1) is 9.82 Å². The molecule has 2 aromatic rings. The van der Waals surface area contributed by atoms with Crippen molar-refractivity contribution in [1.82, 2.24) is 4.31 Å². The number of hydrogen-bond donors (Lipinski definition) is 0. The van der Waals surface area contributed by atoms with E-state index in [1.54, 1.807) is 6.92 Å². The third kappa shape index (κ3) is 3.92. The molecule has 1 atom stereocenters. The molecule has 0 N–H and O–H groups in total. The predicted molar refractivity (Wildman–Crippen MR) is 96.0 cm³/mol. The van der Waals surface area contributed by atoms with E-state index in [1.807, 2.05) is 0 Å². The molecule has 140 valence electrons. The van der Waals surface area contributed by atoms with E-state index in [0.717, 1.165) is 16.6 Å². The van der Waals surface area contributed by atoms with Crippen molar-refractivity contribution in [1.29, 1.82) is 0 Å². The van der Waals surface area contributed by atoms with Gasteiger partial charge in [-0.3, -0.25) is 10.1 Å². The Hall–Kier alpha value is -2.30. The van der Waals surface area contributed by atoms with E-state index in [1.165, 1.54) is 49.5 Å². The Balaban J connectivity index is 2.41. The Bertz CT molecular complexity index is 1030. The zero-order valence-electron chi connectivity index (χ0n) is 14.4. The molecule has 0 aliphatic rings. The average Bonchev–Trinajstić information content (AvgIpc) is 2.59. The number of sulfonamides is 1. The van der Waals surface area contributed by atoms with Gasteiger partial charge in [0.2, 0.25) is 10.0 Å². The fraction of sp³-hybridized carbons (Fsp3) is 0.250. The maximum atomic E-state index is 12.8. The minimum atomic E-state index is -4.13. The van der Waals surface area contributed by atoms with E-state index in [9.17, 15) is 26.9 Å². The van der Waals surface area contributed by atoms with Crippen LogP contribution < -0.4 is 0 Å². The second kappa shape index (κ2) is 7.14. The van der Waals surface area contributed by atoms with Gasteiger partial charge in [0.25, 0.3) is 5.69 Å². The molecule has 0 heterocycles. The van der Waals surface area contributed by atoms with E-state index in [-0.39, 0.29) is 4.90 Å². The van der Waals surface area contributed by atoms with Crippen LogP contribution in [0.25, 0.3) is 0 Å². The largest absolute Gasteiger partial charge is 0.289 e. The molecule has 0 radical (unpaired) electrons. The molecular formula is C16H18N2O6S2. The quantitative estimate of drug-likeness (QED) is 0.545. The van der Waals surface area contributed by atoms with Gasteiger partial charge in [-0.05, 0) is 30.7 Å². The van der Waals surface area contributed by atoms with Crippen LogP contribution in [0.3, 0.4) is 0 Å². The zero-order valence-corrected chi connectivity index (χ0v) is 16.0. The molecule has 2 rings (SSSR count). The SMILES string of the molecule is C[C@@H](c1ccc(S(C)(=O)=O)cc1)N(C)S(=O)(=O)c1ccccc1[N+](=O)[O-]. The summed E-state index contributed by atoms with van der Waals surface area (Å²) in [6.45, 7) is 1.61. The Morgan fingerprint density at radius 2 is 1.54 bits per heavy atom. The normalized spacial score (nSPS) is 13.5. The first-order valence-electron chi connectivity index (χ1n) is 7.47. The van der Waals surface area contributed by atoms with Gasteiger partial charge < -0.3 is 0 Å². The molecule has 0 bridgehead atoms. The number of nitro benzene ring substituents is 1. The third-order valence-electron chi connectivity index (χ3n) is 4.06. The standard InChI is InChI=1S/C16H18N2O6S2/c1-12(13-8-10-14(11-9-13)25(3,21)22)17(2)26(23,24)16-7-5-4-6-15(16)18(19)20/h4-12H,1-3H3/t12-/m0/s1. The minimum absolute atomic E-state index is 0.123. The van der Waals surface area contributed by atoms with Gasteiger partial charge in [0, 0.05) is 25.4 Å². The minimum Gasteiger partial charge on any atom is -0.258 e. The maximum Gasteiger partial charge on any atom is 0.289 e. The molecule has 0 aliphatic carbocycles. The summed E-state index contributed by atoms with van der Waals surface area (Å²) in [5, 5.41) is 11.1. The lowest BCUT2D eigenvalue weighted by Gasteiger charge is -2.24. The van der Waals surface area contributed by atoms with Gasteiger partial charge in [-0.2, -0.15) is 4.31 Å². The van der Waals surface area contributed by atoms with Gasteiger partial charge in [-0.15, -0.1) is 0 Å². The fourth-order valence-electron chi connectivity index (χ4n) is 2.39. The molecule has 0 amide bonds. The highest BCUT2D eigenvalue weighted by Gasteiger charge is 2.32. The number of para-hydroxylation sites is 1. The van der Waals surface area contributed by atoms with Crippen LogP contribution in [0, 0.1) is 10.1 Å². The van der Waals surface area contributed by atoms with Crippen molar-refractivity contribution in [2.75, 3.05) is 13.3 Å². The average molecular weight is 398 g/mol. The molecule has 0 unspecified atom stereocenters. The van der Waals surface area contributed by atoms with Gasteiger partial charge in [-0.25, -0.2) is 16.8 Å². The molecule has 2 aromatic carbocycles. The number of nitrogens with zero attached hydrogens (tertiary/aromatic N) is 2. The van der Waals surface area contributed by atoms with Gasteiger partial charge >= 0.3 is 0 Å². The van der Waals surface area contributed by atoms with Crippen LogP contribution in [0.5, 0.6) is 0 Å². The first-order valence-corrected chi connectivity index (χ1v) is 10.8. The van der Waals surface area contributed by atoms with E-state index in [2.05, 4.69) is 0 Å². The van der Waals surface area contributed by atoms with E-state index in [0.29, 0.717) is 5.56 Å². The molecule has 0 fully saturated rings. The number of hydrogen-bond acceptors (Lipinski definition) is 6. The van der Waals surface area contributed by atoms with Crippen LogP contribution in [0.1, 0.15) is 18.5 Å². The predicted octanol–water partition coefficient (Wildman–Crippen LogP) is 2.38. The van der Waals surface area contributed by atoms with E-state index in [4.69, 9.17) is 0 Å². The molecule has 26 heavy (non-hydrogen) atoms. The highest BCUT2D eigenvalue weighted by molar-refractivity contribution is 7.90. The summed E-state index contributed by atoms with van der Waals surface area (Å²) in [5.41, 5.74) is 0.0565. The Kier molecular flexibility index (Phi) is 5.49. The summed E-state index contributed by atoms with van der Waals surface area (Å²) in [7, 11) is -6.17. The second-order valence-electron chi connectivity index (χ2n) is 5.76. The van der Waals surface area contributed by atoms with Crippen molar-refractivity contribution < 1.29 is 21.8 Å². The molecule has 10 heteroatoms. The molecule has 0 aliphatic heterocycles. The van der Waals surface area contributed by atoms with Crippen LogP contribution in [-0.2, 0) is 19.9 Å². The Morgan fingerprint density at radius 1 is 1.00 bits per heavy atom. The fourth-order valence-corrected chi connectivity index (χ4v) is 4.53. The summed E-state index contributed by atoms with van der Waals surface area (Å²) in [6, 6.07) is 10.3. The topological polar surface area (TPSA) is 115 Å². The van der Waals surface area contributed by atoms with E-state index >= 15 is 0 Å². The summed E-state index contributed by atoms with van der Waals surface area (Å²) >= 11 is 0. The number of benzene rings is 2. The number of sulfone groups is 1. The van der Waals surface area contributed by atoms with Crippen LogP contribution in [0.4, 0.5) is 5.69 Å². The summed E-state index contributed by atoms with van der Waals surface area (Å²) < 4.78 is 49.7. The third-order valence-corrected chi connectivity index (χ3v) is 7.16. The lowest BCUT2D eigenvalue weighted by Crippen LogP contribution is -2.30. The Morgan fingerprint density at radius 3 is 2.04 bits per heavy atom. The highest BCUT2D eigenvalue weighted by atomic mass is 32.2. The first kappa shape index (κ1) is 20.0. The van der Waals surface area contributed by atoms with Gasteiger partial charge in [0.15, 0.2) is 14.7 Å². The van der Waals surface area contributed by atoms with Crippen molar-refractivity contribution in [2.45, 2.75) is 22.8 Å². The summed E-state index contributed by atoms with van der Waals surface area (Å²) in [5.74, 6) is 0. The lowest BCUT2D eigenvalue weighted by molar-refractivity contribution is -0.387. The molecule has 0 saturated carbocycles. The van der Waals surface area contributed by atoms with E-state index < -0.39 is 41.4 Å². The van der Waals surface area contributed by atoms with Crippen molar-refractivity contribution in [3.63, 3.8) is 0 Å². The molecule has 8 nitrogen and oxygen atoms in total. The van der Waals surface area contributed by atoms with Crippen molar-refractivity contribution >= 4 is 25.5 Å². The summed E-state index contributed by atoms with van der Waals surface area (Å²) in [6.07, 6.45) is 1.08. The van der Waals surface area contributed by atoms with Gasteiger partial charge in [0.1, 0.15) is 0 Å². The molecule has 0 saturated heterocycles. The second-order valence-corrected chi connectivity index (χ2v) is 9.74. The zero-order chi connectivity index (χ0) is 19.7. The van der Waals surface area contributed by atoms with Crippen molar-refractivity contribution in [2.24, 2.45) is 0 Å². The monoisotopic (exact) mass is 398 g/mol. The summed E-state index contributed by atoms with van der Waals surface area (Å²) in [4.78, 5) is 10.1. The molecular weight excluding hydrogens is 380 g/mol. The maximum absolute atomic E-state index is 12.8. The van der Waals surface area contributed by atoms with Crippen LogP contribution in [0.15, 0.2) is 58.3 Å². The smallest absolute Gasteiger partial charge is 0.258 e. The Labute approximate surface area is 152 Å².